The summed E-state index contributed by atoms with van der Waals surface area (Å²) in [7, 11) is 1.26. The van der Waals surface area contributed by atoms with E-state index in [1.54, 1.807) is 0 Å². The number of esters is 1. The van der Waals surface area contributed by atoms with Gasteiger partial charge in [-0.15, -0.1) is 0 Å². The quantitative estimate of drug-likeness (QED) is 0.870. The Labute approximate surface area is 127 Å². The Kier molecular flexibility index (Phi) is 5.46. The van der Waals surface area contributed by atoms with Gasteiger partial charge in [0.05, 0.1) is 7.11 Å². The molecule has 0 heterocycles. The molecule has 0 unspecified atom stereocenters. The van der Waals surface area contributed by atoms with Gasteiger partial charge in [-0.25, -0.2) is 13.6 Å². The molecular formula is C16H19F2NO3. The third kappa shape index (κ3) is 4.02. The molecule has 1 saturated carbocycles. The van der Waals surface area contributed by atoms with Crippen molar-refractivity contribution in [2.24, 2.45) is 5.92 Å². The van der Waals surface area contributed by atoms with Crippen LogP contribution in [0.1, 0.15) is 42.5 Å². The molecule has 0 radical (unpaired) electrons. The minimum Gasteiger partial charge on any atom is -0.467 e. The van der Waals surface area contributed by atoms with Gasteiger partial charge in [-0.2, -0.15) is 0 Å². The van der Waals surface area contributed by atoms with Gasteiger partial charge in [-0.3, -0.25) is 4.79 Å². The number of amides is 1. The first-order valence-corrected chi connectivity index (χ1v) is 7.36. The summed E-state index contributed by atoms with van der Waals surface area (Å²) in [5.74, 6) is -2.89. The number of hydrogen-bond acceptors (Lipinski definition) is 3. The number of benzene rings is 1. The van der Waals surface area contributed by atoms with E-state index >= 15 is 0 Å². The normalized spacial score (nSPS) is 16.9. The highest BCUT2D eigenvalue weighted by Gasteiger charge is 2.32. The molecule has 1 aliphatic carbocycles. The molecule has 1 aromatic rings. The lowest BCUT2D eigenvalue weighted by Crippen LogP contribution is -2.47. The highest BCUT2D eigenvalue weighted by Crippen LogP contribution is 2.27. The fourth-order valence-corrected chi connectivity index (χ4v) is 2.87. The van der Waals surface area contributed by atoms with Gasteiger partial charge in [0.2, 0.25) is 0 Å². The van der Waals surface area contributed by atoms with Gasteiger partial charge in [0.25, 0.3) is 5.91 Å². The number of hydrogen-bond donors (Lipinski definition) is 1. The molecule has 0 spiro atoms. The summed E-state index contributed by atoms with van der Waals surface area (Å²) in [5, 5.41) is 2.56. The molecule has 0 aliphatic heterocycles. The second-order valence-electron chi connectivity index (χ2n) is 5.53. The van der Waals surface area contributed by atoms with Crippen molar-refractivity contribution < 1.29 is 23.1 Å². The molecule has 0 aromatic heterocycles. The van der Waals surface area contributed by atoms with Crippen molar-refractivity contribution in [3.05, 3.63) is 35.4 Å². The molecule has 4 nitrogen and oxygen atoms in total. The molecule has 1 amide bonds. The summed E-state index contributed by atoms with van der Waals surface area (Å²) in [6.45, 7) is 0. The van der Waals surface area contributed by atoms with E-state index in [-0.39, 0.29) is 11.5 Å². The van der Waals surface area contributed by atoms with E-state index in [0.29, 0.717) is 6.07 Å². The van der Waals surface area contributed by atoms with Crippen LogP contribution in [0.5, 0.6) is 0 Å². The van der Waals surface area contributed by atoms with Crippen molar-refractivity contribution in [1.29, 1.82) is 0 Å². The van der Waals surface area contributed by atoms with Crippen molar-refractivity contribution in [1.82, 2.24) is 5.32 Å². The monoisotopic (exact) mass is 311 g/mol. The zero-order chi connectivity index (χ0) is 16.1. The maximum Gasteiger partial charge on any atom is 0.328 e. The van der Waals surface area contributed by atoms with Gasteiger partial charge in [0, 0.05) is 11.6 Å². The van der Waals surface area contributed by atoms with Crippen molar-refractivity contribution in [3.8, 4) is 0 Å². The van der Waals surface area contributed by atoms with Crippen molar-refractivity contribution >= 4 is 11.9 Å². The number of nitrogens with one attached hydrogen (secondary N) is 1. The average molecular weight is 311 g/mol. The van der Waals surface area contributed by atoms with E-state index in [1.165, 1.54) is 7.11 Å². The molecule has 1 atom stereocenters. The molecule has 1 aliphatic rings. The Bertz CT molecular complexity index is 536. The van der Waals surface area contributed by atoms with Gasteiger partial charge < -0.3 is 10.1 Å². The van der Waals surface area contributed by atoms with E-state index in [2.05, 4.69) is 5.32 Å². The van der Waals surface area contributed by atoms with E-state index in [1.807, 2.05) is 0 Å². The van der Waals surface area contributed by atoms with Crippen LogP contribution < -0.4 is 5.32 Å². The lowest BCUT2D eigenvalue weighted by Gasteiger charge is -2.29. The van der Waals surface area contributed by atoms with Crippen molar-refractivity contribution in [2.75, 3.05) is 7.11 Å². The minimum atomic E-state index is -0.836. The molecule has 2 rings (SSSR count). The second-order valence-corrected chi connectivity index (χ2v) is 5.53. The first-order chi connectivity index (χ1) is 10.5. The topological polar surface area (TPSA) is 55.4 Å². The standard InChI is InChI=1S/C16H19F2NO3/c1-22-16(21)14(10-5-3-2-4-6-10)19-15(20)11-7-12(17)9-13(18)8-11/h7-10,14H,2-6H2,1H3,(H,19,20)/t14-/m1/s1. The molecule has 6 heteroatoms. The number of ether oxygens (including phenoxy) is 1. The molecule has 120 valence electrons. The Morgan fingerprint density at radius 2 is 1.73 bits per heavy atom. The minimum absolute atomic E-state index is 0.0106. The molecule has 1 N–H and O–H groups in total. The van der Waals surface area contributed by atoms with Crippen LogP contribution in [0, 0.1) is 17.6 Å². The summed E-state index contributed by atoms with van der Waals surface area (Å²) in [6.07, 6.45) is 4.72. The van der Waals surface area contributed by atoms with E-state index in [0.717, 1.165) is 44.2 Å². The fourth-order valence-electron chi connectivity index (χ4n) is 2.87. The van der Waals surface area contributed by atoms with E-state index in [4.69, 9.17) is 4.74 Å². The highest BCUT2D eigenvalue weighted by atomic mass is 19.1. The summed E-state index contributed by atoms with van der Waals surface area (Å²) in [6, 6.07) is 1.78. The predicted octanol–water partition coefficient (Wildman–Crippen LogP) is 2.82. The van der Waals surface area contributed by atoms with Crippen LogP contribution in [0.15, 0.2) is 18.2 Å². The van der Waals surface area contributed by atoms with Crippen LogP contribution >= 0.6 is 0 Å². The Hall–Kier alpha value is -1.98. The summed E-state index contributed by atoms with van der Waals surface area (Å²) >= 11 is 0. The molecule has 1 fully saturated rings. The third-order valence-electron chi connectivity index (χ3n) is 3.99. The first-order valence-electron chi connectivity index (χ1n) is 7.36. The molecular weight excluding hydrogens is 292 g/mol. The van der Waals surface area contributed by atoms with E-state index in [9.17, 15) is 18.4 Å². The summed E-state index contributed by atoms with van der Waals surface area (Å²) in [5.41, 5.74) is -0.151. The second kappa shape index (κ2) is 7.33. The third-order valence-corrected chi connectivity index (χ3v) is 3.99. The number of carbonyl (C=O) groups excluding carboxylic acids is 2. The predicted molar refractivity (Wildman–Crippen MR) is 76.2 cm³/mol. The van der Waals surface area contributed by atoms with Crippen LogP contribution in [0.25, 0.3) is 0 Å². The average Bonchev–Trinajstić information content (AvgIpc) is 2.51. The summed E-state index contributed by atoms with van der Waals surface area (Å²) in [4.78, 5) is 24.1. The highest BCUT2D eigenvalue weighted by molar-refractivity contribution is 5.96. The van der Waals surface area contributed by atoms with Gasteiger partial charge >= 0.3 is 5.97 Å². The molecule has 0 bridgehead atoms. The zero-order valence-electron chi connectivity index (χ0n) is 12.4. The van der Waals surface area contributed by atoms with Crippen LogP contribution in [0.2, 0.25) is 0 Å². The number of carbonyl (C=O) groups is 2. The maximum atomic E-state index is 13.2. The maximum absolute atomic E-state index is 13.2. The molecule has 22 heavy (non-hydrogen) atoms. The number of methoxy groups -OCH3 is 1. The first kappa shape index (κ1) is 16.4. The Balaban J connectivity index is 2.14. The van der Waals surface area contributed by atoms with Crippen LogP contribution in [0.3, 0.4) is 0 Å². The lowest BCUT2D eigenvalue weighted by molar-refractivity contribution is -0.144. The summed E-state index contributed by atoms with van der Waals surface area (Å²) < 4.78 is 31.1. The molecule has 1 aromatic carbocycles. The smallest absolute Gasteiger partial charge is 0.328 e. The van der Waals surface area contributed by atoms with Gasteiger partial charge in [0.1, 0.15) is 17.7 Å². The van der Waals surface area contributed by atoms with Gasteiger partial charge in [0.15, 0.2) is 0 Å². The Morgan fingerprint density at radius 3 is 2.27 bits per heavy atom. The zero-order valence-corrected chi connectivity index (χ0v) is 12.4. The van der Waals surface area contributed by atoms with E-state index < -0.39 is 29.6 Å². The lowest BCUT2D eigenvalue weighted by atomic mass is 9.83. The number of halogens is 2. The van der Waals surface area contributed by atoms with Crippen LogP contribution in [0.4, 0.5) is 8.78 Å². The van der Waals surface area contributed by atoms with Crippen molar-refractivity contribution in [2.45, 2.75) is 38.1 Å². The Morgan fingerprint density at radius 1 is 1.14 bits per heavy atom. The molecule has 0 saturated heterocycles. The van der Waals surface area contributed by atoms with Gasteiger partial charge in [-0.1, -0.05) is 19.3 Å². The SMILES string of the molecule is COC(=O)[C@H](NC(=O)c1cc(F)cc(F)c1)C1CCCCC1. The fraction of sp³-hybridized carbons (Fsp3) is 0.500. The van der Waals surface area contributed by atoms with Crippen molar-refractivity contribution in [3.63, 3.8) is 0 Å². The largest absolute Gasteiger partial charge is 0.467 e. The van der Waals surface area contributed by atoms with Crippen LogP contribution in [-0.2, 0) is 9.53 Å². The number of rotatable bonds is 4. The van der Waals surface area contributed by atoms with Gasteiger partial charge in [-0.05, 0) is 30.9 Å². The van der Waals surface area contributed by atoms with Crippen LogP contribution in [-0.4, -0.2) is 25.0 Å².